The Kier molecular flexibility index (Phi) is 9.27. The van der Waals surface area contributed by atoms with E-state index in [1.807, 2.05) is 19.1 Å². The summed E-state index contributed by atoms with van der Waals surface area (Å²) in [5.74, 6) is 0.399. The van der Waals surface area contributed by atoms with Crippen LogP contribution < -0.4 is 14.4 Å². The molecule has 2 aliphatic carbocycles. The van der Waals surface area contributed by atoms with Gasteiger partial charge in [-0.2, -0.15) is 0 Å². The number of carbonyl (C=O) groups is 1. The number of aliphatic hydroxyl groups excluding tert-OH is 1. The van der Waals surface area contributed by atoms with Crippen LogP contribution >= 0.6 is 11.6 Å². The molecule has 2 bridgehead atoms. The molecule has 0 aromatic heterocycles. The number of carbonyl (C=O) groups excluding carboxylic acids is 1. The number of anilines is 1. The number of aliphatic hydroxyl groups is 1. The number of ether oxygens (including phenoxy) is 2. The maximum absolute atomic E-state index is 13.4. The van der Waals surface area contributed by atoms with Gasteiger partial charge in [0.25, 0.3) is 5.91 Å². The van der Waals surface area contributed by atoms with E-state index < -0.39 is 27.3 Å². The van der Waals surface area contributed by atoms with Crippen LogP contribution in [0.3, 0.4) is 0 Å². The Morgan fingerprint density at radius 2 is 2.02 bits per heavy atom. The second kappa shape index (κ2) is 12.9. The van der Waals surface area contributed by atoms with Crippen LogP contribution in [0.15, 0.2) is 48.6 Å². The van der Waals surface area contributed by atoms with Gasteiger partial charge in [-0.15, -0.1) is 0 Å². The number of hydrogen-bond donors (Lipinski definition) is 2. The second-order valence-electron chi connectivity index (χ2n) is 13.8. The number of nitrogens with zero attached hydrogens (tertiary/aromatic N) is 1. The van der Waals surface area contributed by atoms with E-state index in [1.54, 1.807) is 32.0 Å². The van der Waals surface area contributed by atoms with Gasteiger partial charge in [0.1, 0.15) is 5.75 Å². The first-order chi connectivity index (χ1) is 21.5. The van der Waals surface area contributed by atoms with Gasteiger partial charge in [0.15, 0.2) is 0 Å². The van der Waals surface area contributed by atoms with E-state index in [2.05, 4.69) is 27.8 Å². The average molecular weight is 657 g/mol. The Balaban J connectivity index is 1.42. The number of rotatable bonds is 3. The number of amides is 1. The third kappa shape index (κ3) is 6.64. The topological polar surface area (TPSA) is 105 Å². The van der Waals surface area contributed by atoms with Gasteiger partial charge in [-0.3, -0.25) is 4.79 Å². The standard InChI is InChI=1S/C35H45ClN2O6S/c1-22-6-4-8-32(43-19-23(2)39)29-12-9-27(29)18-38-20-35(15-5-7-25-16-28(36)11-13-30(25)35)21-44-33-14-10-26(17-31(33)38)34(40)37-45(41,42)24(22)3/h4,8,10-11,13-14,16-17,22-24,27,29,32,39H,5-7,9,12,15,18-21H2,1-3H3,(H,37,40)/b8-4+/t22-,23-,24+,27-,29+,32-,35-/m0/s1. The van der Waals surface area contributed by atoms with Gasteiger partial charge in [-0.25, -0.2) is 13.1 Å². The zero-order valence-electron chi connectivity index (χ0n) is 26.4. The Labute approximate surface area is 272 Å². The summed E-state index contributed by atoms with van der Waals surface area (Å²) in [6.45, 7) is 7.41. The second-order valence-corrected chi connectivity index (χ2v) is 16.2. The molecule has 1 fully saturated rings. The van der Waals surface area contributed by atoms with E-state index in [0.717, 1.165) is 49.4 Å². The molecule has 2 N–H and O–H groups in total. The predicted molar refractivity (Wildman–Crippen MR) is 177 cm³/mol. The van der Waals surface area contributed by atoms with Crippen LogP contribution in [0.5, 0.6) is 5.75 Å². The van der Waals surface area contributed by atoms with Gasteiger partial charge in [-0.05, 0) is 112 Å². The van der Waals surface area contributed by atoms with Crippen molar-refractivity contribution in [2.24, 2.45) is 17.8 Å². The quantitative estimate of drug-likeness (QED) is 0.412. The molecule has 1 saturated carbocycles. The number of sulfonamides is 1. The summed E-state index contributed by atoms with van der Waals surface area (Å²) in [5, 5.41) is 9.98. The van der Waals surface area contributed by atoms with Crippen molar-refractivity contribution < 1.29 is 27.8 Å². The molecule has 4 aliphatic rings. The molecule has 2 aromatic rings. The third-order valence-corrected chi connectivity index (χ3v) is 12.7. The number of hydrogen-bond acceptors (Lipinski definition) is 7. The summed E-state index contributed by atoms with van der Waals surface area (Å²) in [4.78, 5) is 15.8. The molecular formula is C35H45ClN2O6S. The van der Waals surface area contributed by atoms with Gasteiger partial charge in [0, 0.05) is 29.1 Å². The highest BCUT2D eigenvalue weighted by Gasteiger charge is 2.44. The van der Waals surface area contributed by atoms with E-state index in [1.165, 1.54) is 11.1 Å². The maximum Gasteiger partial charge on any atom is 0.264 e. The van der Waals surface area contributed by atoms with Crippen molar-refractivity contribution in [1.82, 2.24) is 4.72 Å². The van der Waals surface area contributed by atoms with E-state index in [0.29, 0.717) is 31.2 Å². The highest BCUT2D eigenvalue weighted by atomic mass is 35.5. The number of aryl methyl sites for hydroxylation is 1. The molecular weight excluding hydrogens is 612 g/mol. The number of halogens is 1. The molecule has 45 heavy (non-hydrogen) atoms. The Hall–Kier alpha value is -2.59. The number of allylic oxidation sites excluding steroid dienone is 1. The summed E-state index contributed by atoms with van der Waals surface area (Å²) < 4.78 is 41.8. The normalized spacial score (nSPS) is 32.6. The lowest BCUT2D eigenvalue weighted by molar-refractivity contribution is -0.0437. The fourth-order valence-electron chi connectivity index (χ4n) is 7.57. The van der Waals surface area contributed by atoms with Crippen LogP contribution in [-0.2, 0) is 26.6 Å². The monoisotopic (exact) mass is 656 g/mol. The fourth-order valence-corrected chi connectivity index (χ4v) is 9.05. The smallest absolute Gasteiger partial charge is 0.264 e. The lowest BCUT2D eigenvalue weighted by Gasteiger charge is -2.46. The van der Waals surface area contributed by atoms with E-state index >= 15 is 0 Å². The molecule has 10 heteroatoms. The van der Waals surface area contributed by atoms with E-state index in [9.17, 15) is 18.3 Å². The molecule has 6 rings (SSSR count). The van der Waals surface area contributed by atoms with Crippen molar-refractivity contribution in [1.29, 1.82) is 0 Å². The summed E-state index contributed by atoms with van der Waals surface area (Å²) in [6, 6.07) is 11.4. The van der Waals surface area contributed by atoms with Crippen molar-refractivity contribution in [2.45, 2.75) is 82.2 Å². The minimum absolute atomic E-state index is 0.189. The van der Waals surface area contributed by atoms with Crippen molar-refractivity contribution in [3.8, 4) is 5.75 Å². The molecule has 0 unspecified atom stereocenters. The van der Waals surface area contributed by atoms with Crippen molar-refractivity contribution >= 4 is 33.2 Å². The average Bonchev–Trinajstić information content (AvgIpc) is 3.13. The van der Waals surface area contributed by atoms with Crippen LogP contribution in [0.1, 0.15) is 74.4 Å². The molecule has 8 nitrogen and oxygen atoms in total. The van der Waals surface area contributed by atoms with Gasteiger partial charge in [0.2, 0.25) is 10.0 Å². The lowest BCUT2D eigenvalue weighted by Crippen LogP contribution is -2.50. The zero-order valence-corrected chi connectivity index (χ0v) is 27.9. The van der Waals surface area contributed by atoms with Crippen molar-refractivity contribution in [2.75, 3.05) is 31.2 Å². The van der Waals surface area contributed by atoms with Gasteiger partial charge >= 0.3 is 0 Å². The molecule has 2 heterocycles. The molecule has 2 aromatic carbocycles. The van der Waals surface area contributed by atoms with Gasteiger partial charge < -0.3 is 19.5 Å². The number of benzene rings is 2. The fraction of sp³-hybridized carbons (Fsp3) is 0.571. The third-order valence-electron chi connectivity index (χ3n) is 10.5. The minimum Gasteiger partial charge on any atom is -0.490 e. The molecule has 244 valence electrons. The SMILES string of the molecule is C[C@H](O)CO[C@H]1/C=C/C[C@H](C)[C@@H](C)S(=O)(=O)NC(=O)c2ccc3c(c2)N(C[C@@H]2CC[C@H]21)C[C@@]1(CCCc2cc(Cl)ccc21)CO3. The first-order valence-corrected chi connectivity index (χ1v) is 18.2. The van der Waals surface area contributed by atoms with Crippen LogP contribution in [0, 0.1) is 17.8 Å². The van der Waals surface area contributed by atoms with Crippen LogP contribution in [0.25, 0.3) is 0 Å². The zero-order chi connectivity index (χ0) is 31.9. The Bertz CT molecular complexity index is 1560. The highest BCUT2D eigenvalue weighted by molar-refractivity contribution is 7.90. The van der Waals surface area contributed by atoms with E-state index in [-0.39, 0.29) is 35.5 Å². The van der Waals surface area contributed by atoms with Gasteiger partial charge in [0.05, 0.1) is 36.4 Å². The molecule has 2 aliphatic heterocycles. The Morgan fingerprint density at radius 3 is 2.78 bits per heavy atom. The largest absolute Gasteiger partial charge is 0.490 e. The first kappa shape index (κ1) is 32.4. The highest BCUT2D eigenvalue weighted by Crippen LogP contribution is 2.47. The summed E-state index contributed by atoms with van der Waals surface area (Å²) in [5.41, 5.74) is 3.33. The minimum atomic E-state index is -3.93. The van der Waals surface area contributed by atoms with Crippen molar-refractivity contribution in [3.05, 3.63) is 70.3 Å². The van der Waals surface area contributed by atoms with Gasteiger partial charge in [-0.1, -0.05) is 36.7 Å². The number of nitrogens with one attached hydrogen (secondary N) is 1. The summed E-state index contributed by atoms with van der Waals surface area (Å²) in [7, 11) is -3.93. The van der Waals surface area contributed by atoms with Crippen LogP contribution in [0.2, 0.25) is 5.02 Å². The predicted octanol–water partition coefficient (Wildman–Crippen LogP) is 5.65. The number of fused-ring (bicyclic) bond motifs is 4. The lowest BCUT2D eigenvalue weighted by atomic mass is 9.68. The molecule has 0 saturated heterocycles. The van der Waals surface area contributed by atoms with Crippen molar-refractivity contribution in [3.63, 3.8) is 0 Å². The maximum atomic E-state index is 13.4. The van der Waals surface area contributed by atoms with Crippen LogP contribution in [-0.4, -0.2) is 63.2 Å². The van der Waals surface area contributed by atoms with Crippen LogP contribution in [0.4, 0.5) is 5.69 Å². The molecule has 0 radical (unpaired) electrons. The van der Waals surface area contributed by atoms with E-state index in [4.69, 9.17) is 21.1 Å². The Morgan fingerprint density at radius 1 is 1.20 bits per heavy atom. The summed E-state index contributed by atoms with van der Waals surface area (Å²) in [6.07, 6.45) is 8.82. The summed E-state index contributed by atoms with van der Waals surface area (Å²) >= 11 is 6.42. The first-order valence-electron chi connectivity index (χ1n) is 16.3. The molecule has 1 amide bonds. The molecule has 1 spiro atoms. The molecule has 7 atom stereocenters.